The van der Waals surface area contributed by atoms with E-state index in [0.717, 1.165) is 19.0 Å². The van der Waals surface area contributed by atoms with Crippen LogP contribution < -0.4 is 5.32 Å². The summed E-state index contributed by atoms with van der Waals surface area (Å²) in [7, 11) is 0. The second-order valence-electron chi connectivity index (χ2n) is 5.93. The van der Waals surface area contributed by atoms with E-state index < -0.39 is 0 Å². The van der Waals surface area contributed by atoms with Crippen molar-refractivity contribution in [3.63, 3.8) is 0 Å². The van der Waals surface area contributed by atoms with E-state index >= 15 is 0 Å². The van der Waals surface area contributed by atoms with E-state index in [-0.39, 0.29) is 0 Å². The van der Waals surface area contributed by atoms with Crippen LogP contribution >= 0.6 is 11.8 Å². The van der Waals surface area contributed by atoms with Crippen LogP contribution in [0, 0.1) is 19.8 Å². The zero-order valence-electron chi connectivity index (χ0n) is 12.9. The molecule has 1 aliphatic heterocycles. The molecule has 2 heterocycles. The highest BCUT2D eigenvalue weighted by molar-refractivity contribution is 7.99. The van der Waals surface area contributed by atoms with Crippen molar-refractivity contribution in [1.82, 2.24) is 9.88 Å². The minimum Gasteiger partial charge on any atom is -0.318 e. The third-order valence-electron chi connectivity index (χ3n) is 4.32. The zero-order chi connectivity index (χ0) is 14.7. The second-order valence-corrected chi connectivity index (χ2v) is 7.08. The average molecular weight is 300 g/mol. The molecule has 0 amide bonds. The predicted octanol–water partition coefficient (Wildman–Crippen LogP) is 3.94. The lowest BCUT2D eigenvalue weighted by Crippen LogP contribution is -2.22. The Morgan fingerprint density at radius 1 is 1.24 bits per heavy atom. The number of nitrogens with one attached hydrogen (secondary N) is 1. The lowest BCUT2D eigenvalue weighted by atomic mass is 10.1. The Balaban J connectivity index is 1.69. The predicted molar refractivity (Wildman–Crippen MR) is 92.4 cm³/mol. The van der Waals surface area contributed by atoms with Crippen molar-refractivity contribution in [2.45, 2.75) is 26.8 Å². The molecule has 0 bridgehead atoms. The molecule has 1 unspecified atom stereocenters. The third-order valence-corrected chi connectivity index (χ3v) is 5.55. The topological polar surface area (TPSA) is 17.0 Å². The molecule has 1 fully saturated rings. The van der Waals surface area contributed by atoms with Crippen LogP contribution in [-0.2, 0) is 6.54 Å². The lowest BCUT2D eigenvalue weighted by molar-refractivity contribution is 0.522. The number of hydrogen-bond acceptors (Lipinski definition) is 2. The number of benzene rings is 1. The van der Waals surface area contributed by atoms with Crippen LogP contribution in [0.5, 0.6) is 0 Å². The molecular formula is C18H24N2S. The molecule has 2 aromatic rings. The maximum absolute atomic E-state index is 3.65. The quantitative estimate of drug-likeness (QED) is 0.901. The van der Waals surface area contributed by atoms with Gasteiger partial charge < -0.3 is 9.88 Å². The van der Waals surface area contributed by atoms with Gasteiger partial charge in [-0.2, -0.15) is 11.8 Å². The summed E-state index contributed by atoms with van der Waals surface area (Å²) in [4.78, 5) is 0. The molecule has 3 rings (SSSR count). The van der Waals surface area contributed by atoms with Crippen molar-refractivity contribution < 1.29 is 0 Å². The van der Waals surface area contributed by atoms with E-state index in [4.69, 9.17) is 0 Å². The standard InChI is InChI=1S/C18H24N2S/c1-14-10-17(12-19-11-16-8-9-21-13-16)15(2)20(14)18-6-4-3-5-7-18/h3-7,10,16,19H,8-9,11-13H2,1-2H3. The van der Waals surface area contributed by atoms with E-state index in [1.807, 2.05) is 0 Å². The Bertz CT molecular complexity index is 583. The Morgan fingerprint density at radius 2 is 2.05 bits per heavy atom. The summed E-state index contributed by atoms with van der Waals surface area (Å²) in [5, 5.41) is 3.65. The SMILES string of the molecule is Cc1cc(CNCC2CCSC2)c(C)n1-c1ccccc1. The van der Waals surface area contributed by atoms with Gasteiger partial charge in [0.05, 0.1) is 0 Å². The van der Waals surface area contributed by atoms with Crippen LogP contribution in [0.15, 0.2) is 36.4 Å². The van der Waals surface area contributed by atoms with Gasteiger partial charge in [0.2, 0.25) is 0 Å². The fourth-order valence-electron chi connectivity index (χ4n) is 3.14. The summed E-state index contributed by atoms with van der Waals surface area (Å²) in [5.41, 5.74) is 5.34. The lowest BCUT2D eigenvalue weighted by Gasteiger charge is -2.11. The summed E-state index contributed by atoms with van der Waals surface area (Å²) in [5.74, 6) is 3.54. The summed E-state index contributed by atoms with van der Waals surface area (Å²) in [6, 6.07) is 12.9. The van der Waals surface area contributed by atoms with Crippen molar-refractivity contribution in [3.05, 3.63) is 53.3 Å². The van der Waals surface area contributed by atoms with Crippen LogP contribution in [0.25, 0.3) is 5.69 Å². The number of nitrogens with zero attached hydrogens (tertiary/aromatic N) is 1. The first-order valence-corrected chi connectivity index (χ1v) is 8.93. The van der Waals surface area contributed by atoms with Crippen LogP contribution in [0.4, 0.5) is 0 Å². The van der Waals surface area contributed by atoms with Crippen LogP contribution in [0.2, 0.25) is 0 Å². The van der Waals surface area contributed by atoms with Crippen LogP contribution in [0.1, 0.15) is 23.4 Å². The maximum atomic E-state index is 3.65. The number of aryl methyl sites for hydroxylation is 1. The van der Waals surface area contributed by atoms with Gasteiger partial charge in [0.15, 0.2) is 0 Å². The average Bonchev–Trinajstić information content (AvgIpc) is 3.09. The molecule has 112 valence electrons. The van der Waals surface area contributed by atoms with Gasteiger partial charge in [-0.1, -0.05) is 18.2 Å². The molecule has 1 aliphatic rings. The highest BCUT2D eigenvalue weighted by Gasteiger charge is 2.15. The normalized spacial score (nSPS) is 18.3. The van der Waals surface area contributed by atoms with E-state index in [9.17, 15) is 0 Å². The van der Waals surface area contributed by atoms with Gasteiger partial charge >= 0.3 is 0 Å². The first-order valence-electron chi connectivity index (χ1n) is 7.77. The molecule has 2 nitrogen and oxygen atoms in total. The van der Waals surface area contributed by atoms with Gasteiger partial charge in [0.25, 0.3) is 0 Å². The summed E-state index contributed by atoms with van der Waals surface area (Å²) in [6.07, 6.45) is 1.38. The summed E-state index contributed by atoms with van der Waals surface area (Å²) in [6.45, 7) is 6.55. The molecule has 1 aromatic heterocycles. The minimum absolute atomic E-state index is 0.868. The smallest absolute Gasteiger partial charge is 0.0455 e. The second kappa shape index (κ2) is 6.71. The number of thioether (sulfide) groups is 1. The first-order chi connectivity index (χ1) is 10.3. The summed E-state index contributed by atoms with van der Waals surface area (Å²) < 4.78 is 2.35. The molecule has 0 spiro atoms. The Hall–Kier alpha value is -1.19. The highest BCUT2D eigenvalue weighted by atomic mass is 32.2. The fourth-order valence-corrected chi connectivity index (χ4v) is 4.42. The Kier molecular flexibility index (Phi) is 4.71. The molecule has 3 heteroatoms. The van der Waals surface area contributed by atoms with Gasteiger partial charge in [-0.05, 0) is 68.0 Å². The van der Waals surface area contributed by atoms with Gasteiger partial charge in [-0.15, -0.1) is 0 Å². The third kappa shape index (κ3) is 3.35. The van der Waals surface area contributed by atoms with E-state index in [2.05, 4.69) is 71.9 Å². The molecule has 1 saturated heterocycles. The van der Waals surface area contributed by atoms with Crippen molar-refractivity contribution >= 4 is 11.8 Å². The van der Waals surface area contributed by atoms with Crippen molar-refractivity contribution in [1.29, 1.82) is 0 Å². The molecule has 0 aliphatic carbocycles. The Morgan fingerprint density at radius 3 is 2.76 bits per heavy atom. The number of aromatic nitrogens is 1. The van der Waals surface area contributed by atoms with Gasteiger partial charge in [-0.25, -0.2) is 0 Å². The van der Waals surface area contributed by atoms with Gasteiger partial charge in [-0.3, -0.25) is 0 Å². The van der Waals surface area contributed by atoms with E-state index in [1.54, 1.807) is 0 Å². The number of hydrogen-bond donors (Lipinski definition) is 1. The minimum atomic E-state index is 0.868. The number of rotatable bonds is 5. The van der Waals surface area contributed by atoms with Gasteiger partial charge in [0, 0.05) is 23.6 Å². The van der Waals surface area contributed by atoms with Crippen molar-refractivity contribution in [2.75, 3.05) is 18.1 Å². The summed E-state index contributed by atoms with van der Waals surface area (Å²) >= 11 is 2.09. The zero-order valence-corrected chi connectivity index (χ0v) is 13.7. The molecule has 21 heavy (non-hydrogen) atoms. The van der Waals surface area contributed by atoms with Gasteiger partial charge in [0.1, 0.15) is 0 Å². The largest absolute Gasteiger partial charge is 0.318 e. The fraction of sp³-hybridized carbons (Fsp3) is 0.444. The maximum Gasteiger partial charge on any atom is 0.0455 e. The molecule has 1 atom stereocenters. The van der Waals surface area contributed by atoms with Crippen LogP contribution in [-0.4, -0.2) is 22.6 Å². The van der Waals surface area contributed by atoms with Crippen molar-refractivity contribution in [3.8, 4) is 5.69 Å². The van der Waals surface area contributed by atoms with Crippen LogP contribution in [0.3, 0.4) is 0 Å². The number of para-hydroxylation sites is 1. The molecule has 0 radical (unpaired) electrons. The molecular weight excluding hydrogens is 276 g/mol. The van der Waals surface area contributed by atoms with E-state index in [0.29, 0.717) is 0 Å². The Labute approximate surface area is 131 Å². The first kappa shape index (κ1) is 14.7. The van der Waals surface area contributed by atoms with E-state index in [1.165, 1.54) is 40.6 Å². The molecule has 0 saturated carbocycles. The molecule has 1 N–H and O–H groups in total. The monoisotopic (exact) mass is 300 g/mol. The van der Waals surface area contributed by atoms with Crippen molar-refractivity contribution in [2.24, 2.45) is 5.92 Å². The molecule has 1 aromatic carbocycles. The highest BCUT2D eigenvalue weighted by Crippen LogP contribution is 2.23.